The summed E-state index contributed by atoms with van der Waals surface area (Å²) in [7, 11) is 0. The maximum absolute atomic E-state index is 12.0. The second-order valence-corrected chi connectivity index (χ2v) is 7.36. The molecule has 2 heteroatoms. The molecule has 1 aromatic rings. The van der Waals surface area contributed by atoms with E-state index in [0.29, 0.717) is 11.4 Å². The third kappa shape index (κ3) is 10.9. The Kier molecular flexibility index (Phi) is 12.8. The maximum atomic E-state index is 12.0. The first-order chi connectivity index (χ1) is 11.7. The Bertz CT molecular complexity index is 424. The summed E-state index contributed by atoms with van der Waals surface area (Å²) in [4.78, 5) is 12.0. The molecule has 0 saturated heterocycles. The average molecular weight is 351 g/mol. The molecule has 0 radical (unpaired) electrons. The second-order valence-electron chi connectivity index (χ2n) is 6.92. The Hall–Kier alpha value is -0.820. The molecule has 0 atom stereocenters. The monoisotopic (exact) mass is 350 g/mol. The predicted octanol–water partition coefficient (Wildman–Crippen LogP) is 8.00. The van der Waals surface area contributed by atoms with Gasteiger partial charge in [0, 0.05) is 17.0 Å². The van der Waals surface area contributed by atoms with Crippen LogP contribution in [0.25, 0.3) is 0 Å². The van der Waals surface area contributed by atoms with Crippen LogP contribution in [0.5, 0.6) is 0 Å². The van der Waals surface area contributed by atoms with E-state index in [1.165, 1.54) is 77.0 Å². The average Bonchev–Trinajstić information content (AvgIpc) is 2.59. The van der Waals surface area contributed by atoms with Gasteiger partial charge in [0.2, 0.25) is 0 Å². The van der Waals surface area contributed by atoms with Gasteiger partial charge in [-0.2, -0.15) is 0 Å². The van der Waals surface area contributed by atoms with Crippen LogP contribution in [0.2, 0.25) is 5.02 Å². The molecule has 0 amide bonds. The van der Waals surface area contributed by atoms with Gasteiger partial charge >= 0.3 is 0 Å². The fourth-order valence-corrected chi connectivity index (χ4v) is 3.21. The zero-order chi connectivity index (χ0) is 17.5. The van der Waals surface area contributed by atoms with Crippen molar-refractivity contribution in [1.82, 2.24) is 0 Å². The van der Waals surface area contributed by atoms with Crippen molar-refractivity contribution >= 4 is 17.4 Å². The number of unbranched alkanes of at least 4 members (excludes halogenated alkanes) is 12. The van der Waals surface area contributed by atoms with Crippen LogP contribution in [0.3, 0.4) is 0 Å². The quantitative estimate of drug-likeness (QED) is 0.231. The normalized spacial score (nSPS) is 10.9. The number of ketones is 1. The number of carbonyl (C=O) groups excluding carboxylic acids is 1. The van der Waals surface area contributed by atoms with Crippen molar-refractivity contribution in [3.63, 3.8) is 0 Å². The Labute approximate surface area is 154 Å². The number of Topliss-reactive ketones (excluding diaryl/α,β-unsaturated/α-hetero) is 1. The molecule has 0 aromatic heterocycles. The van der Waals surface area contributed by atoms with Crippen LogP contribution >= 0.6 is 11.6 Å². The zero-order valence-electron chi connectivity index (χ0n) is 15.5. The van der Waals surface area contributed by atoms with E-state index in [1.807, 2.05) is 12.1 Å². The molecule has 0 unspecified atom stereocenters. The molecule has 0 N–H and O–H groups in total. The highest BCUT2D eigenvalue weighted by Crippen LogP contribution is 2.15. The van der Waals surface area contributed by atoms with Crippen LogP contribution < -0.4 is 0 Å². The summed E-state index contributed by atoms with van der Waals surface area (Å²) in [6.45, 7) is 2.27. The lowest BCUT2D eigenvalue weighted by molar-refractivity contribution is 0.0979. The molecule has 24 heavy (non-hydrogen) atoms. The molecular weight excluding hydrogens is 316 g/mol. The molecule has 136 valence electrons. The Balaban J connectivity index is 1.87. The molecule has 1 rings (SSSR count). The van der Waals surface area contributed by atoms with E-state index in [1.54, 1.807) is 12.1 Å². The van der Waals surface area contributed by atoms with E-state index in [0.717, 1.165) is 12.0 Å². The molecule has 1 nitrogen and oxygen atoms in total. The molecule has 0 spiro atoms. The molecule has 0 heterocycles. The van der Waals surface area contributed by atoms with Crippen molar-refractivity contribution in [3.05, 3.63) is 34.9 Å². The van der Waals surface area contributed by atoms with Gasteiger partial charge in [0.15, 0.2) is 5.78 Å². The van der Waals surface area contributed by atoms with Gasteiger partial charge < -0.3 is 0 Å². The number of rotatable bonds is 15. The van der Waals surface area contributed by atoms with Crippen molar-refractivity contribution in [2.24, 2.45) is 0 Å². The minimum atomic E-state index is 0.245. The largest absolute Gasteiger partial charge is 0.294 e. The highest BCUT2D eigenvalue weighted by atomic mass is 35.5. The molecule has 0 aliphatic heterocycles. The SMILES string of the molecule is CCCCCCCCCCCCCCCC(=O)c1ccc(Cl)cc1. The summed E-state index contributed by atoms with van der Waals surface area (Å²) in [6.07, 6.45) is 18.0. The van der Waals surface area contributed by atoms with Gasteiger partial charge in [-0.25, -0.2) is 0 Å². The van der Waals surface area contributed by atoms with E-state index in [9.17, 15) is 4.79 Å². The van der Waals surface area contributed by atoms with Crippen LogP contribution in [0, 0.1) is 0 Å². The molecule has 0 bridgehead atoms. The number of benzene rings is 1. The molecule has 1 aromatic carbocycles. The van der Waals surface area contributed by atoms with Crippen LogP contribution in [-0.4, -0.2) is 5.78 Å². The van der Waals surface area contributed by atoms with Gasteiger partial charge in [-0.3, -0.25) is 4.79 Å². The van der Waals surface area contributed by atoms with E-state index in [-0.39, 0.29) is 5.78 Å². The topological polar surface area (TPSA) is 17.1 Å². The number of carbonyl (C=O) groups is 1. The summed E-state index contributed by atoms with van der Waals surface area (Å²) in [6, 6.07) is 7.23. The van der Waals surface area contributed by atoms with Crippen molar-refractivity contribution in [2.45, 2.75) is 96.8 Å². The summed E-state index contributed by atoms with van der Waals surface area (Å²) in [5, 5.41) is 0.688. The zero-order valence-corrected chi connectivity index (χ0v) is 16.3. The van der Waals surface area contributed by atoms with Crippen LogP contribution in [-0.2, 0) is 0 Å². The standard InChI is InChI=1S/C22H35ClO/c1-2-3-4-5-6-7-8-9-10-11-12-13-14-15-22(24)20-16-18-21(23)19-17-20/h16-19H,2-15H2,1H3. The third-order valence-electron chi connectivity index (χ3n) is 4.67. The summed E-state index contributed by atoms with van der Waals surface area (Å²) in [5.41, 5.74) is 0.790. The first kappa shape index (κ1) is 21.2. The van der Waals surface area contributed by atoms with Gasteiger partial charge in [-0.1, -0.05) is 95.6 Å². The van der Waals surface area contributed by atoms with Crippen LogP contribution in [0.15, 0.2) is 24.3 Å². The summed E-state index contributed by atoms with van der Waals surface area (Å²) < 4.78 is 0. The first-order valence-corrected chi connectivity index (χ1v) is 10.4. The molecular formula is C22H35ClO. The van der Waals surface area contributed by atoms with E-state index in [4.69, 9.17) is 11.6 Å². The lowest BCUT2D eigenvalue weighted by Gasteiger charge is -2.03. The number of hydrogen-bond acceptors (Lipinski definition) is 1. The van der Waals surface area contributed by atoms with Crippen molar-refractivity contribution < 1.29 is 4.79 Å². The highest BCUT2D eigenvalue weighted by molar-refractivity contribution is 6.30. The van der Waals surface area contributed by atoms with Crippen molar-refractivity contribution in [3.8, 4) is 0 Å². The van der Waals surface area contributed by atoms with Gasteiger partial charge in [0.25, 0.3) is 0 Å². The van der Waals surface area contributed by atoms with Crippen LogP contribution in [0.4, 0.5) is 0 Å². The Morgan fingerprint density at radius 2 is 1.12 bits per heavy atom. The first-order valence-electron chi connectivity index (χ1n) is 10.0. The summed E-state index contributed by atoms with van der Waals surface area (Å²) >= 11 is 5.84. The number of halogens is 1. The fraction of sp³-hybridized carbons (Fsp3) is 0.682. The fourth-order valence-electron chi connectivity index (χ4n) is 3.08. The second kappa shape index (κ2) is 14.5. The maximum Gasteiger partial charge on any atom is 0.162 e. The minimum absolute atomic E-state index is 0.245. The Morgan fingerprint density at radius 1 is 0.708 bits per heavy atom. The van der Waals surface area contributed by atoms with E-state index >= 15 is 0 Å². The minimum Gasteiger partial charge on any atom is -0.294 e. The molecule has 0 fully saturated rings. The molecule has 0 aliphatic carbocycles. The van der Waals surface area contributed by atoms with E-state index in [2.05, 4.69) is 6.92 Å². The van der Waals surface area contributed by atoms with Gasteiger partial charge in [0.1, 0.15) is 0 Å². The third-order valence-corrected chi connectivity index (χ3v) is 4.93. The lowest BCUT2D eigenvalue weighted by atomic mass is 10.0. The molecule has 0 saturated carbocycles. The summed E-state index contributed by atoms with van der Waals surface area (Å²) in [5.74, 6) is 0.245. The Morgan fingerprint density at radius 3 is 1.58 bits per heavy atom. The predicted molar refractivity (Wildman–Crippen MR) is 106 cm³/mol. The van der Waals surface area contributed by atoms with Crippen LogP contribution in [0.1, 0.15) is 107 Å². The smallest absolute Gasteiger partial charge is 0.162 e. The van der Waals surface area contributed by atoms with Gasteiger partial charge in [-0.05, 0) is 30.7 Å². The van der Waals surface area contributed by atoms with E-state index < -0.39 is 0 Å². The van der Waals surface area contributed by atoms with Gasteiger partial charge in [0.05, 0.1) is 0 Å². The van der Waals surface area contributed by atoms with Gasteiger partial charge in [-0.15, -0.1) is 0 Å². The van der Waals surface area contributed by atoms with Crippen molar-refractivity contribution in [1.29, 1.82) is 0 Å². The molecule has 0 aliphatic rings. The number of hydrogen-bond donors (Lipinski definition) is 0. The highest BCUT2D eigenvalue weighted by Gasteiger charge is 2.05. The van der Waals surface area contributed by atoms with Crippen molar-refractivity contribution in [2.75, 3.05) is 0 Å². The lowest BCUT2D eigenvalue weighted by Crippen LogP contribution is -1.98.